The third-order valence-corrected chi connectivity index (χ3v) is 16.4. The number of unbranched alkanes of at least 4 members (excludes halogenated alkanes) is 10. The van der Waals surface area contributed by atoms with E-state index in [-0.39, 0.29) is 31.0 Å². The quantitative estimate of drug-likeness (QED) is 0.0139. The van der Waals surface area contributed by atoms with E-state index in [4.69, 9.17) is 28.0 Å². The Kier molecular flexibility index (Phi) is 25.8. The minimum Gasteiger partial charge on any atom is -0.756 e. The summed E-state index contributed by atoms with van der Waals surface area (Å²) in [5.74, 6) is 0.316. The lowest BCUT2D eigenvalue weighted by atomic mass is 10.0. The second kappa shape index (κ2) is 32.3. The van der Waals surface area contributed by atoms with Gasteiger partial charge in [0, 0.05) is 33.8 Å². The monoisotopic (exact) mass is 1130 g/mol. The highest BCUT2D eigenvalue weighted by atomic mass is 32.2. The molecule has 4 aromatic rings. The second-order valence-electron chi connectivity index (χ2n) is 21.0. The molecule has 2 aliphatic heterocycles. The number of hydrogen-bond donors (Lipinski definition) is 0. The highest BCUT2D eigenvalue weighted by Gasteiger charge is 2.28. The van der Waals surface area contributed by atoms with Gasteiger partial charge < -0.3 is 37.4 Å². The number of phosphoric acid groups is 1. The molecule has 0 amide bonds. The molecule has 0 saturated heterocycles. The number of benzene rings is 4. The summed E-state index contributed by atoms with van der Waals surface area (Å²) in [5, 5.41) is 0. The number of ether oxygens (including phenoxy) is 4. The van der Waals surface area contributed by atoms with E-state index >= 15 is 0 Å². The van der Waals surface area contributed by atoms with Crippen molar-refractivity contribution in [2.45, 2.75) is 145 Å². The number of ketones is 2. The smallest absolute Gasteiger partial charge is 0.306 e. The number of fused-ring (bicyclic) bond motifs is 2. The third-order valence-electron chi connectivity index (χ3n) is 13.2. The van der Waals surface area contributed by atoms with Crippen LogP contribution in [0.1, 0.15) is 160 Å². The summed E-state index contributed by atoms with van der Waals surface area (Å²) in [7, 11) is 0.889. The maximum atomic E-state index is 13.5. The van der Waals surface area contributed by atoms with Crippen molar-refractivity contribution in [2.24, 2.45) is 0 Å². The Morgan fingerprint density at radius 2 is 1.04 bits per heavy atom. The predicted molar refractivity (Wildman–Crippen MR) is 309 cm³/mol. The van der Waals surface area contributed by atoms with Crippen molar-refractivity contribution >= 4 is 67.0 Å². The Labute approximate surface area is 471 Å². The molecule has 0 spiro atoms. The fourth-order valence-corrected chi connectivity index (χ4v) is 11.5. The van der Waals surface area contributed by atoms with Crippen molar-refractivity contribution in [3.05, 3.63) is 128 Å². The number of phosphoric ester groups is 1. The number of likely N-dealkylation sites (N-methyl/N-ethyl adjacent to an activating group) is 1. The Bertz CT molecular complexity index is 2700. The SMILES string of the molecule is CCCCCCCCOc1ccc(/C=C2\Sc3ccc(CCCC(=O)OCC(COP(=O)([O-])OCC[N+](C)(C)C)OC(=O)CCCc4ccc5c(c4)C(=O)/C(=C/c4ccc(OCCCCCCCC)cc4)S5)cc3C2=O)cc1. The highest BCUT2D eigenvalue weighted by Crippen LogP contribution is 2.43. The number of hydrogen-bond acceptors (Lipinski definition) is 14. The van der Waals surface area contributed by atoms with Gasteiger partial charge in [0.25, 0.3) is 7.82 Å². The zero-order valence-corrected chi connectivity index (χ0v) is 48.9. The van der Waals surface area contributed by atoms with E-state index < -0.39 is 39.1 Å². The van der Waals surface area contributed by atoms with Crippen LogP contribution in [0.2, 0.25) is 0 Å². The number of aryl methyl sites for hydroxylation is 2. The number of carbonyl (C=O) groups is 4. The van der Waals surface area contributed by atoms with E-state index in [9.17, 15) is 28.6 Å². The van der Waals surface area contributed by atoms with Crippen molar-refractivity contribution < 1.29 is 61.1 Å². The van der Waals surface area contributed by atoms with E-state index in [2.05, 4.69) is 13.8 Å². The average Bonchev–Trinajstić information content (AvgIpc) is 3.94. The van der Waals surface area contributed by atoms with Crippen LogP contribution in [0.4, 0.5) is 0 Å². The van der Waals surface area contributed by atoms with Gasteiger partial charge in [-0.3, -0.25) is 23.7 Å². The van der Waals surface area contributed by atoms with E-state index in [1.807, 2.05) is 118 Å². The molecular weight excluding hydrogens is 1050 g/mol. The van der Waals surface area contributed by atoms with Gasteiger partial charge >= 0.3 is 11.9 Å². The average molecular weight is 1130 g/mol. The lowest BCUT2D eigenvalue weighted by molar-refractivity contribution is -0.870. The van der Waals surface area contributed by atoms with E-state index in [1.54, 1.807) is 0 Å². The van der Waals surface area contributed by atoms with Crippen LogP contribution in [0.15, 0.2) is 105 Å². The largest absolute Gasteiger partial charge is 0.756 e. The number of quaternary nitrogens is 1. The van der Waals surface area contributed by atoms with Crippen molar-refractivity contribution in [3.8, 4) is 11.5 Å². The maximum absolute atomic E-state index is 13.5. The van der Waals surface area contributed by atoms with Crippen molar-refractivity contribution in [2.75, 3.05) is 60.7 Å². The van der Waals surface area contributed by atoms with Gasteiger partial charge in [-0.15, -0.1) is 0 Å². The van der Waals surface area contributed by atoms with Gasteiger partial charge in [0.15, 0.2) is 6.10 Å². The fourth-order valence-electron chi connectivity index (χ4n) is 8.68. The first kappa shape index (κ1) is 62.2. The molecule has 0 radical (unpaired) electrons. The molecule has 0 saturated carbocycles. The van der Waals surface area contributed by atoms with Crippen LogP contribution in [0.5, 0.6) is 11.5 Å². The van der Waals surface area contributed by atoms with Gasteiger partial charge in [-0.05, 0) is 121 Å². The van der Waals surface area contributed by atoms with Crippen molar-refractivity contribution in [3.63, 3.8) is 0 Å². The minimum absolute atomic E-state index is 0.0237. The number of esters is 2. The van der Waals surface area contributed by atoms with Gasteiger partial charge in [0.05, 0.1) is 50.8 Å². The molecule has 6 rings (SSSR count). The van der Waals surface area contributed by atoms with Crippen LogP contribution in [-0.4, -0.2) is 94.8 Å². The summed E-state index contributed by atoms with van der Waals surface area (Å²) in [6.07, 6.45) is 18.8. The number of Topliss-reactive ketones (excluding diaryl/α,β-unsaturated/α-hetero) is 2. The van der Waals surface area contributed by atoms with E-state index in [0.717, 1.165) is 56.4 Å². The van der Waals surface area contributed by atoms with Gasteiger partial charge in [0.2, 0.25) is 11.6 Å². The fraction of sp³-hybridized carbons (Fsp3) is 0.484. The topological polar surface area (TPSA) is 164 Å². The molecule has 0 aromatic heterocycles. The first-order valence-electron chi connectivity index (χ1n) is 27.9. The summed E-state index contributed by atoms with van der Waals surface area (Å²) in [6, 6.07) is 27.0. The third kappa shape index (κ3) is 21.9. The van der Waals surface area contributed by atoms with Crippen molar-refractivity contribution in [1.29, 1.82) is 0 Å². The molecule has 2 heterocycles. The number of carbonyl (C=O) groups excluding carboxylic acids is 4. The molecule has 2 unspecified atom stereocenters. The number of nitrogens with zero attached hydrogens (tertiary/aromatic N) is 1. The number of rotatable bonds is 36. The van der Waals surface area contributed by atoms with E-state index in [1.165, 1.54) is 87.7 Å². The molecule has 0 N–H and O–H groups in total. The molecular formula is C62H80NO12PS2. The molecule has 4 aromatic carbocycles. The van der Waals surface area contributed by atoms with Crippen LogP contribution in [0.25, 0.3) is 12.2 Å². The molecule has 2 atom stereocenters. The zero-order chi connectivity index (χ0) is 55.8. The predicted octanol–water partition coefficient (Wildman–Crippen LogP) is 13.8. The Balaban J connectivity index is 0.946. The van der Waals surface area contributed by atoms with Crippen LogP contribution in [-0.2, 0) is 45.5 Å². The van der Waals surface area contributed by atoms with E-state index in [0.29, 0.717) is 70.9 Å². The van der Waals surface area contributed by atoms with Crippen LogP contribution in [0, 0.1) is 0 Å². The molecule has 16 heteroatoms. The number of thioether (sulfide) groups is 2. The highest BCUT2D eigenvalue weighted by molar-refractivity contribution is 8.05. The maximum Gasteiger partial charge on any atom is 0.306 e. The Morgan fingerprint density at radius 3 is 1.51 bits per heavy atom. The van der Waals surface area contributed by atoms with Crippen LogP contribution < -0.4 is 14.4 Å². The molecule has 0 aliphatic carbocycles. The standard InChI is InChI=1S/C62H80NO12PS2/c1-6-8-10-12-14-16-37-70-50-30-24-48(25-31-50)42-57-61(66)53-40-46(28-34-55(53)77-57)20-18-22-59(64)72-44-52(45-74-76(68,69)73-39-36-63(3,4)5)75-60(65)23-19-21-47-29-35-56-54(41-47)62(67)58(78-56)43-49-26-32-51(33-27-49)71-38-17-15-13-11-9-7-2/h24-35,40-43,52H,6-23,36-39,44-45H2,1-5H3/b57-42-,58-43-. The first-order valence-corrected chi connectivity index (χ1v) is 31.0. The van der Waals surface area contributed by atoms with Crippen LogP contribution >= 0.6 is 31.3 Å². The summed E-state index contributed by atoms with van der Waals surface area (Å²) in [4.78, 5) is 68.9. The second-order valence-corrected chi connectivity index (χ2v) is 24.6. The van der Waals surface area contributed by atoms with Gasteiger partial charge in [-0.25, -0.2) is 0 Å². The van der Waals surface area contributed by atoms with Gasteiger partial charge in [-0.1, -0.05) is 138 Å². The lowest BCUT2D eigenvalue weighted by Gasteiger charge is -2.28. The van der Waals surface area contributed by atoms with Gasteiger partial charge in [-0.2, -0.15) is 0 Å². The van der Waals surface area contributed by atoms with Crippen molar-refractivity contribution in [1.82, 2.24) is 0 Å². The van der Waals surface area contributed by atoms with Crippen LogP contribution in [0.3, 0.4) is 0 Å². The Morgan fingerprint density at radius 1 is 0.577 bits per heavy atom. The molecule has 13 nitrogen and oxygen atoms in total. The molecule has 0 fully saturated rings. The summed E-state index contributed by atoms with van der Waals surface area (Å²) in [6.45, 7) is 5.04. The molecule has 78 heavy (non-hydrogen) atoms. The minimum atomic E-state index is -4.79. The normalized spacial score (nSPS) is 15.3. The lowest BCUT2D eigenvalue weighted by Crippen LogP contribution is -2.37. The molecule has 422 valence electrons. The number of allylic oxidation sites excluding steroid dienone is 2. The Hall–Kier alpha value is -4.99. The summed E-state index contributed by atoms with van der Waals surface area (Å²) in [5.41, 5.74) is 4.83. The zero-order valence-electron chi connectivity index (χ0n) is 46.4. The molecule has 2 aliphatic rings. The molecule has 0 bridgehead atoms. The summed E-state index contributed by atoms with van der Waals surface area (Å²) < 4.78 is 46.3. The summed E-state index contributed by atoms with van der Waals surface area (Å²) >= 11 is 2.87. The first-order chi connectivity index (χ1) is 37.6. The van der Waals surface area contributed by atoms with Gasteiger partial charge in [0.1, 0.15) is 31.3 Å².